The molecule has 0 saturated heterocycles. The first-order valence-electron chi connectivity index (χ1n) is 10.8. The molecule has 3 atom stereocenters. The zero-order chi connectivity index (χ0) is 22.5. The lowest BCUT2D eigenvalue weighted by atomic mass is 9.41. The second-order valence-electron chi connectivity index (χ2n) is 9.19. The molecular formula is C28H15N3S2. The molecule has 0 aliphatic heterocycles. The number of rotatable bonds is 0. The first-order chi connectivity index (χ1) is 16.0. The molecule has 0 radical (unpaired) electrons. The van der Waals surface area contributed by atoms with Gasteiger partial charge in [-0.15, -0.1) is 22.7 Å². The number of thiophene rings is 2. The van der Waals surface area contributed by atoms with Gasteiger partial charge < -0.3 is 4.85 Å². The maximum absolute atomic E-state index is 9.86. The lowest BCUT2D eigenvalue weighted by molar-refractivity contribution is 0.0588. The minimum absolute atomic E-state index is 0.139. The van der Waals surface area contributed by atoms with Crippen molar-refractivity contribution in [3.05, 3.63) is 77.2 Å². The van der Waals surface area contributed by atoms with Crippen LogP contribution in [-0.4, -0.2) is 5.54 Å². The van der Waals surface area contributed by atoms with Gasteiger partial charge in [0.05, 0.1) is 27.5 Å². The molecule has 3 nitrogen and oxygen atoms in total. The standard InChI is InChI=1S/C28H15N3S2/c1-27(31-2)24-18-12-23-20(10-17(18)7-8-21(24)28(27,13-29)14-30)26-25(33-23)19-9-15-5-3-4-6-16(15)11-22(19)32-26/h3-12,21,24H,1H3/t21-,24+,27?/m1/s1. The second kappa shape index (κ2) is 6.00. The van der Waals surface area contributed by atoms with Crippen LogP contribution >= 0.6 is 22.7 Å². The number of fused-ring (bicyclic) bond motifs is 9. The van der Waals surface area contributed by atoms with Crippen LogP contribution in [0.5, 0.6) is 0 Å². The molecule has 1 fully saturated rings. The second-order valence-corrected chi connectivity index (χ2v) is 11.3. The average Bonchev–Trinajstić information content (AvgIpc) is 3.36. The van der Waals surface area contributed by atoms with Crippen molar-refractivity contribution in [3.63, 3.8) is 0 Å². The zero-order valence-corrected chi connectivity index (χ0v) is 19.2. The van der Waals surface area contributed by atoms with Gasteiger partial charge in [-0.05, 0) is 46.2 Å². The fourth-order valence-corrected chi connectivity index (χ4v) is 8.74. The Morgan fingerprint density at radius 2 is 1.58 bits per heavy atom. The van der Waals surface area contributed by atoms with Crippen molar-refractivity contribution in [3.8, 4) is 12.1 Å². The van der Waals surface area contributed by atoms with Gasteiger partial charge in [-0.3, -0.25) is 0 Å². The number of nitrogens with zero attached hydrogens (tertiary/aromatic N) is 3. The largest absolute Gasteiger partial charge is 0.307 e. The SMILES string of the molecule is [C-]#[N+]C1(C)[C@H]2c3cc4sc5c6cc7ccccc7cc6sc5c4cc3C=C[C@H]2C1(C#N)C#N. The summed E-state index contributed by atoms with van der Waals surface area (Å²) in [6.07, 6.45) is 4.04. The van der Waals surface area contributed by atoms with Crippen LogP contribution in [0.3, 0.4) is 0 Å². The zero-order valence-electron chi connectivity index (χ0n) is 17.6. The fraction of sp³-hybridized carbons (Fsp3) is 0.179. The fourth-order valence-electron chi connectivity index (χ4n) is 6.04. The van der Waals surface area contributed by atoms with E-state index in [1.807, 2.05) is 23.5 Å². The summed E-state index contributed by atoms with van der Waals surface area (Å²) in [4.78, 5) is 3.86. The van der Waals surface area contributed by atoms with Crippen molar-refractivity contribution in [2.45, 2.75) is 18.4 Å². The van der Waals surface area contributed by atoms with E-state index in [1.54, 1.807) is 18.3 Å². The van der Waals surface area contributed by atoms with Crippen LogP contribution in [0.1, 0.15) is 24.0 Å². The molecule has 0 bridgehead atoms. The van der Waals surface area contributed by atoms with Crippen molar-refractivity contribution < 1.29 is 0 Å². The Kier molecular flexibility index (Phi) is 3.43. The van der Waals surface area contributed by atoms with Gasteiger partial charge in [-0.25, -0.2) is 6.57 Å². The molecule has 2 aliphatic rings. The molecule has 3 aromatic carbocycles. The number of nitriles is 2. The van der Waals surface area contributed by atoms with Crippen molar-refractivity contribution >= 4 is 69.1 Å². The minimum atomic E-state index is -1.30. The number of hydrogen-bond donors (Lipinski definition) is 0. The van der Waals surface area contributed by atoms with Crippen LogP contribution in [0, 0.1) is 40.6 Å². The first-order valence-corrected chi connectivity index (χ1v) is 12.4. The molecule has 0 amide bonds. The molecule has 5 aromatic rings. The van der Waals surface area contributed by atoms with Crippen LogP contribution in [0.2, 0.25) is 0 Å². The van der Waals surface area contributed by atoms with E-state index >= 15 is 0 Å². The van der Waals surface area contributed by atoms with E-state index < -0.39 is 11.0 Å². The Bertz CT molecular complexity index is 1840. The quantitative estimate of drug-likeness (QED) is 0.222. The van der Waals surface area contributed by atoms with E-state index in [0.717, 1.165) is 11.1 Å². The Balaban J connectivity index is 1.48. The molecule has 33 heavy (non-hydrogen) atoms. The van der Waals surface area contributed by atoms with E-state index in [2.05, 4.69) is 65.5 Å². The van der Waals surface area contributed by atoms with Gasteiger partial charge >= 0.3 is 0 Å². The summed E-state index contributed by atoms with van der Waals surface area (Å²) in [6, 6.07) is 21.9. The molecule has 0 N–H and O–H groups in total. The van der Waals surface area contributed by atoms with Gasteiger partial charge in [-0.2, -0.15) is 10.5 Å². The highest BCUT2D eigenvalue weighted by Gasteiger charge is 2.78. The third kappa shape index (κ3) is 2.03. The van der Waals surface area contributed by atoms with Crippen LogP contribution in [-0.2, 0) is 0 Å². The highest BCUT2D eigenvalue weighted by Crippen LogP contribution is 2.67. The van der Waals surface area contributed by atoms with Gasteiger partial charge in [0, 0.05) is 33.0 Å². The number of benzene rings is 3. The maximum Gasteiger partial charge on any atom is 0.269 e. The van der Waals surface area contributed by atoms with Gasteiger partial charge in [0.2, 0.25) is 5.41 Å². The molecular weight excluding hydrogens is 442 g/mol. The summed E-state index contributed by atoms with van der Waals surface area (Å²) in [5.74, 6) is -0.385. The summed E-state index contributed by atoms with van der Waals surface area (Å²) in [5, 5.41) is 24.8. The van der Waals surface area contributed by atoms with Gasteiger partial charge in [0.25, 0.3) is 5.54 Å². The van der Waals surface area contributed by atoms with Gasteiger partial charge in [0.1, 0.15) is 0 Å². The van der Waals surface area contributed by atoms with Crippen molar-refractivity contribution in [2.75, 3.05) is 0 Å². The van der Waals surface area contributed by atoms with Crippen LogP contribution in [0.15, 0.2) is 54.6 Å². The Hall–Kier alpha value is -3.69. The monoisotopic (exact) mass is 457 g/mol. The molecule has 1 saturated carbocycles. The Morgan fingerprint density at radius 1 is 0.939 bits per heavy atom. The third-order valence-corrected chi connectivity index (χ3v) is 10.3. The summed E-state index contributed by atoms with van der Waals surface area (Å²) in [5.41, 5.74) is -0.145. The topological polar surface area (TPSA) is 51.9 Å². The molecule has 7 rings (SSSR count). The molecule has 1 unspecified atom stereocenters. The van der Waals surface area contributed by atoms with Gasteiger partial charge in [0.15, 0.2) is 0 Å². The highest BCUT2D eigenvalue weighted by atomic mass is 32.1. The van der Waals surface area contributed by atoms with E-state index in [1.165, 1.54) is 40.3 Å². The third-order valence-electron chi connectivity index (χ3n) is 7.82. The van der Waals surface area contributed by atoms with Crippen LogP contribution < -0.4 is 0 Å². The molecule has 2 aliphatic carbocycles. The van der Waals surface area contributed by atoms with E-state index in [-0.39, 0.29) is 11.8 Å². The molecule has 2 aromatic heterocycles. The predicted molar refractivity (Wildman–Crippen MR) is 136 cm³/mol. The predicted octanol–water partition coefficient (Wildman–Crippen LogP) is 7.87. The van der Waals surface area contributed by atoms with Crippen molar-refractivity contribution in [1.29, 1.82) is 10.5 Å². The van der Waals surface area contributed by atoms with Crippen molar-refractivity contribution in [2.24, 2.45) is 11.3 Å². The summed E-state index contributed by atoms with van der Waals surface area (Å²) in [6.45, 7) is 9.65. The van der Waals surface area contributed by atoms with Gasteiger partial charge in [-0.1, -0.05) is 36.4 Å². The Labute approximate surface area is 198 Å². The lowest BCUT2D eigenvalue weighted by Gasteiger charge is -2.54. The van der Waals surface area contributed by atoms with E-state index in [9.17, 15) is 10.5 Å². The smallest absolute Gasteiger partial charge is 0.269 e. The molecule has 154 valence electrons. The van der Waals surface area contributed by atoms with E-state index in [0.29, 0.717) is 0 Å². The molecule has 2 heterocycles. The van der Waals surface area contributed by atoms with Crippen LogP contribution in [0.4, 0.5) is 0 Å². The van der Waals surface area contributed by atoms with E-state index in [4.69, 9.17) is 6.57 Å². The lowest BCUT2D eigenvalue weighted by Crippen LogP contribution is -2.64. The summed E-state index contributed by atoms with van der Waals surface area (Å²) >= 11 is 3.65. The van der Waals surface area contributed by atoms with Crippen LogP contribution in [0.25, 0.3) is 51.3 Å². The summed E-state index contributed by atoms with van der Waals surface area (Å²) < 4.78 is 5.13. The van der Waals surface area contributed by atoms with Crippen molar-refractivity contribution in [1.82, 2.24) is 0 Å². The highest BCUT2D eigenvalue weighted by molar-refractivity contribution is 7.36. The molecule has 5 heteroatoms. The number of allylic oxidation sites excluding steroid dienone is 1. The average molecular weight is 458 g/mol. The minimum Gasteiger partial charge on any atom is -0.307 e. The first kappa shape index (κ1) is 18.8. The maximum atomic E-state index is 9.86. The Morgan fingerprint density at radius 3 is 2.24 bits per heavy atom. The number of hydrogen-bond acceptors (Lipinski definition) is 4. The summed E-state index contributed by atoms with van der Waals surface area (Å²) in [7, 11) is 0. The normalized spacial score (nSPS) is 24.7. The molecule has 0 spiro atoms.